The van der Waals surface area contributed by atoms with Crippen molar-refractivity contribution in [2.75, 3.05) is 6.54 Å². The number of rotatable bonds is 3. The second kappa shape index (κ2) is 5.95. The molecule has 5 rings (SSSR count). The molecule has 0 N–H and O–H groups in total. The fourth-order valence-corrected chi connectivity index (χ4v) is 4.84. The largest absolute Gasteiger partial charge is 0.329 e. The molecule has 1 atom stereocenters. The van der Waals surface area contributed by atoms with Crippen molar-refractivity contribution in [2.24, 2.45) is 0 Å². The van der Waals surface area contributed by atoms with Crippen LogP contribution in [0.1, 0.15) is 64.2 Å². The van der Waals surface area contributed by atoms with Crippen LogP contribution in [-0.2, 0) is 6.54 Å². The lowest BCUT2D eigenvalue weighted by Gasteiger charge is -2.33. The van der Waals surface area contributed by atoms with Crippen LogP contribution in [0, 0.1) is 13.8 Å². The maximum Gasteiger partial charge on any atom is 0.257 e. The first-order valence-corrected chi connectivity index (χ1v) is 9.92. The summed E-state index contributed by atoms with van der Waals surface area (Å²) in [4.78, 5) is 16.4. The highest BCUT2D eigenvalue weighted by Crippen LogP contribution is 2.41. The molecule has 0 spiro atoms. The summed E-state index contributed by atoms with van der Waals surface area (Å²) in [5.74, 6) is 2.50. The van der Waals surface area contributed by atoms with Crippen molar-refractivity contribution >= 4 is 17.2 Å². The number of aryl methyl sites for hydroxylation is 1. The lowest BCUT2D eigenvalue weighted by atomic mass is 10.1. The molecule has 1 aliphatic carbocycles. The molecular weight excluding hydrogens is 364 g/mol. The minimum Gasteiger partial charge on any atom is -0.329 e. The molecule has 3 aromatic rings. The van der Waals surface area contributed by atoms with Gasteiger partial charge in [-0.05, 0) is 49.6 Å². The summed E-state index contributed by atoms with van der Waals surface area (Å²) in [6.07, 6.45) is 3.91. The Morgan fingerprint density at radius 3 is 2.78 bits per heavy atom. The Morgan fingerprint density at radius 1 is 1.26 bits per heavy atom. The zero-order valence-electron chi connectivity index (χ0n) is 15.5. The minimum absolute atomic E-state index is 0.00331. The normalized spacial score (nSPS) is 19.4. The lowest BCUT2D eigenvalue weighted by Crippen LogP contribution is -2.41. The lowest BCUT2D eigenvalue weighted by molar-refractivity contribution is 0.0679. The Kier molecular flexibility index (Phi) is 3.64. The number of tetrazole rings is 1. The molecule has 3 aromatic heterocycles. The highest BCUT2D eigenvalue weighted by Gasteiger charge is 2.36. The molecule has 0 radical (unpaired) electrons. The van der Waals surface area contributed by atoms with Crippen LogP contribution >= 0.6 is 11.3 Å². The summed E-state index contributed by atoms with van der Waals surface area (Å²) >= 11 is 1.53. The quantitative estimate of drug-likeness (QED) is 0.686. The van der Waals surface area contributed by atoms with Crippen LogP contribution in [0.15, 0.2) is 6.33 Å². The van der Waals surface area contributed by atoms with Gasteiger partial charge in [0.1, 0.15) is 17.2 Å². The Hall–Kier alpha value is -2.62. The fraction of sp³-hybridized carbons (Fsp3) is 0.529. The van der Waals surface area contributed by atoms with E-state index in [1.807, 2.05) is 18.7 Å². The van der Waals surface area contributed by atoms with Crippen LogP contribution in [0.5, 0.6) is 0 Å². The monoisotopic (exact) mass is 384 g/mol. The maximum atomic E-state index is 13.5. The van der Waals surface area contributed by atoms with E-state index in [-0.39, 0.29) is 11.9 Å². The number of fused-ring (bicyclic) bond motifs is 1. The van der Waals surface area contributed by atoms with E-state index < -0.39 is 0 Å². The zero-order chi connectivity index (χ0) is 18.7. The second-order valence-corrected chi connectivity index (χ2v) is 8.57. The number of hydrogen-bond donors (Lipinski definition) is 0. The molecular formula is C17H20N8OS. The third kappa shape index (κ3) is 2.58. The highest BCUT2D eigenvalue weighted by atomic mass is 32.1. The summed E-state index contributed by atoms with van der Waals surface area (Å²) in [7, 11) is 0. The average molecular weight is 384 g/mol. The Morgan fingerprint density at radius 2 is 2.07 bits per heavy atom. The first kappa shape index (κ1) is 16.5. The average Bonchev–Trinajstić information content (AvgIpc) is 3.06. The molecule has 140 valence electrons. The van der Waals surface area contributed by atoms with Gasteiger partial charge in [-0.1, -0.05) is 0 Å². The standard InChI is InChI=1S/C17H20N8OS/c1-9-6-23(7-13-19-20-15(25(9)13)12-4-5-12)16(26)14-10(2)11(3)27-17(14)24-8-18-21-22-24/h8-9,12H,4-7H2,1-3H3/t9-/m0/s1. The van der Waals surface area contributed by atoms with Gasteiger partial charge < -0.3 is 9.47 Å². The summed E-state index contributed by atoms with van der Waals surface area (Å²) in [6.45, 7) is 7.25. The van der Waals surface area contributed by atoms with Crippen molar-refractivity contribution in [1.82, 2.24) is 39.9 Å². The Balaban J connectivity index is 1.50. The molecule has 9 nitrogen and oxygen atoms in total. The fourth-order valence-electron chi connectivity index (χ4n) is 3.77. The summed E-state index contributed by atoms with van der Waals surface area (Å²) in [5, 5.41) is 20.9. The Bertz CT molecular complexity index is 1020. The molecule has 27 heavy (non-hydrogen) atoms. The zero-order valence-corrected chi connectivity index (χ0v) is 16.3. The van der Waals surface area contributed by atoms with Gasteiger partial charge in [0.15, 0.2) is 5.82 Å². The molecule has 10 heteroatoms. The van der Waals surface area contributed by atoms with Crippen molar-refractivity contribution in [3.63, 3.8) is 0 Å². The van der Waals surface area contributed by atoms with Gasteiger partial charge >= 0.3 is 0 Å². The molecule has 0 saturated heterocycles. The van der Waals surface area contributed by atoms with E-state index in [0.29, 0.717) is 24.6 Å². The maximum absolute atomic E-state index is 13.5. The van der Waals surface area contributed by atoms with E-state index in [2.05, 4.69) is 37.2 Å². The first-order valence-electron chi connectivity index (χ1n) is 9.11. The van der Waals surface area contributed by atoms with Gasteiger partial charge in [-0.25, -0.2) is 0 Å². The molecule has 1 amide bonds. The number of carbonyl (C=O) groups is 1. The molecule has 0 unspecified atom stereocenters. The van der Waals surface area contributed by atoms with Crippen LogP contribution in [0.4, 0.5) is 0 Å². The third-order valence-electron chi connectivity index (χ3n) is 5.42. The van der Waals surface area contributed by atoms with E-state index in [1.165, 1.54) is 30.5 Å². The van der Waals surface area contributed by atoms with E-state index in [4.69, 9.17) is 0 Å². The summed E-state index contributed by atoms with van der Waals surface area (Å²) in [5.41, 5.74) is 1.65. The number of aromatic nitrogens is 7. The van der Waals surface area contributed by atoms with Crippen LogP contribution < -0.4 is 0 Å². The van der Waals surface area contributed by atoms with Gasteiger partial charge in [0.25, 0.3) is 5.91 Å². The SMILES string of the molecule is Cc1sc(-n2cnnn2)c(C(=O)N2Cc3nnc(C4CC4)n3[C@@H](C)C2)c1C. The van der Waals surface area contributed by atoms with Gasteiger partial charge in [0, 0.05) is 17.3 Å². The van der Waals surface area contributed by atoms with Gasteiger partial charge in [0.2, 0.25) is 0 Å². The van der Waals surface area contributed by atoms with Crippen LogP contribution in [0.3, 0.4) is 0 Å². The van der Waals surface area contributed by atoms with E-state index in [1.54, 1.807) is 4.68 Å². The number of amides is 1. The smallest absolute Gasteiger partial charge is 0.257 e. The molecule has 1 saturated carbocycles. The van der Waals surface area contributed by atoms with Gasteiger partial charge in [-0.15, -0.1) is 26.6 Å². The number of hydrogen-bond acceptors (Lipinski definition) is 7. The molecule has 1 aliphatic heterocycles. The molecule has 1 fully saturated rings. The first-order chi connectivity index (χ1) is 13.0. The number of thiophene rings is 1. The van der Waals surface area contributed by atoms with Crippen molar-refractivity contribution in [3.05, 3.63) is 34.0 Å². The number of nitrogens with zero attached hydrogens (tertiary/aromatic N) is 8. The summed E-state index contributed by atoms with van der Waals surface area (Å²) < 4.78 is 3.80. The van der Waals surface area contributed by atoms with Crippen LogP contribution in [0.25, 0.3) is 5.00 Å². The van der Waals surface area contributed by atoms with E-state index >= 15 is 0 Å². The minimum atomic E-state index is -0.00331. The molecule has 2 aliphatic rings. The van der Waals surface area contributed by atoms with E-state index in [9.17, 15) is 4.79 Å². The van der Waals surface area contributed by atoms with Crippen molar-refractivity contribution < 1.29 is 4.79 Å². The van der Waals surface area contributed by atoms with Crippen LogP contribution in [-0.4, -0.2) is 52.3 Å². The third-order valence-corrected chi connectivity index (χ3v) is 6.61. The predicted octanol–water partition coefficient (Wildman–Crippen LogP) is 2.03. The van der Waals surface area contributed by atoms with Gasteiger partial charge in [-0.2, -0.15) is 4.68 Å². The molecule has 0 aromatic carbocycles. The van der Waals surface area contributed by atoms with Crippen LogP contribution in [0.2, 0.25) is 0 Å². The van der Waals surface area contributed by atoms with Gasteiger partial charge in [-0.3, -0.25) is 4.79 Å². The number of carbonyl (C=O) groups excluding carboxylic acids is 1. The summed E-state index contributed by atoms with van der Waals surface area (Å²) in [6, 6.07) is 0.167. The molecule has 4 heterocycles. The second-order valence-electron chi connectivity index (χ2n) is 7.37. The topological polar surface area (TPSA) is 94.6 Å². The predicted molar refractivity (Wildman–Crippen MR) is 98.0 cm³/mol. The molecule has 0 bridgehead atoms. The van der Waals surface area contributed by atoms with Crippen molar-refractivity contribution in [3.8, 4) is 5.00 Å². The van der Waals surface area contributed by atoms with E-state index in [0.717, 1.165) is 27.1 Å². The van der Waals surface area contributed by atoms with Crippen molar-refractivity contribution in [1.29, 1.82) is 0 Å². The highest BCUT2D eigenvalue weighted by molar-refractivity contribution is 7.15. The Labute approximate surface area is 160 Å². The van der Waals surface area contributed by atoms with Crippen molar-refractivity contribution in [2.45, 2.75) is 52.1 Å². The van der Waals surface area contributed by atoms with Gasteiger partial charge in [0.05, 0.1) is 18.2 Å².